The van der Waals surface area contributed by atoms with E-state index >= 15 is 0 Å². The Kier molecular flexibility index (Phi) is 11.9. The van der Waals surface area contributed by atoms with Crippen LogP contribution in [0.2, 0.25) is 0 Å². The van der Waals surface area contributed by atoms with Crippen LogP contribution in [0.25, 0.3) is 0 Å². The minimum absolute atomic E-state index is 0.203. The van der Waals surface area contributed by atoms with Crippen molar-refractivity contribution in [2.24, 2.45) is 0 Å². The average molecular weight is 258 g/mol. The predicted octanol–water partition coefficient (Wildman–Crippen LogP) is 3.62. The van der Waals surface area contributed by atoms with Crippen molar-refractivity contribution in [3.8, 4) is 12.8 Å². The third kappa shape index (κ3) is 6.75. The zero-order chi connectivity index (χ0) is 15.3. The Morgan fingerprint density at radius 2 is 1.84 bits per heavy atom. The van der Waals surface area contributed by atoms with Crippen LogP contribution in [0.15, 0.2) is 48.6 Å². The van der Waals surface area contributed by atoms with E-state index in [2.05, 4.69) is 24.7 Å². The minimum Gasteiger partial charge on any atom is -0.397 e. The normalized spacial score (nSPS) is 9.00. The summed E-state index contributed by atoms with van der Waals surface area (Å²) in [6, 6.07) is 7.12. The minimum atomic E-state index is -0.203. The number of hydrogen-bond acceptors (Lipinski definition) is 2. The third-order valence-electron chi connectivity index (χ3n) is 2.00. The van der Waals surface area contributed by atoms with Gasteiger partial charge in [0.25, 0.3) is 5.91 Å². The molecule has 0 saturated carbocycles. The molecule has 0 aliphatic heterocycles. The summed E-state index contributed by atoms with van der Waals surface area (Å²) < 4.78 is 0. The summed E-state index contributed by atoms with van der Waals surface area (Å²) in [6.45, 7) is 9.34. The van der Waals surface area contributed by atoms with Crippen LogP contribution in [-0.2, 0) is 4.79 Å². The fourth-order valence-corrected chi connectivity index (χ4v) is 1.15. The molecule has 0 fully saturated rings. The number of nitrogens with two attached hydrogens (primary N) is 1. The van der Waals surface area contributed by atoms with Crippen molar-refractivity contribution in [3.63, 3.8) is 0 Å². The Morgan fingerprint density at radius 3 is 2.26 bits per heavy atom. The molecule has 1 aromatic rings. The molecular formula is C16H22N2O. The van der Waals surface area contributed by atoms with Gasteiger partial charge < -0.3 is 11.1 Å². The van der Waals surface area contributed by atoms with Gasteiger partial charge in [-0.05, 0) is 19.1 Å². The largest absolute Gasteiger partial charge is 0.397 e. The van der Waals surface area contributed by atoms with E-state index in [-0.39, 0.29) is 5.91 Å². The van der Waals surface area contributed by atoms with Crippen LogP contribution in [0.1, 0.15) is 20.8 Å². The van der Waals surface area contributed by atoms with Gasteiger partial charge in [-0.1, -0.05) is 44.7 Å². The van der Waals surface area contributed by atoms with E-state index in [0.717, 1.165) is 0 Å². The van der Waals surface area contributed by atoms with E-state index in [0.29, 0.717) is 16.9 Å². The number of amides is 1. The zero-order valence-corrected chi connectivity index (χ0v) is 11.8. The molecule has 0 bridgehead atoms. The molecule has 0 unspecified atom stereocenters. The standard InChI is InChI=1S/C12H14N2O.C2H6.C2H2/c1-3-9(4-2)12(15)14-11-8-6-5-7-10(11)13;2*1-2/h3-8H,1,13H2,2H3,(H,14,15);1-2H3;1-2H/b9-4+;;. The highest BCUT2D eigenvalue weighted by molar-refractivity contribution is 6.06. The molecule has 1 rings (SSSR count). The van der Waals surface area contributed by atoms with Gasteiger partial charge in [0.05, 0.1) is 11.4 Å². The predicted molar refractivity (Wildman–Crippen MR) is 84.7 cm³/mol. The molecule has 1 amide bonds. The monoisotopic (exact) mass is 258 g/mol. The highest BCUT2D eigenvalue weighted by Gasteiger charge is 2.06. The zero-order valence-electron chi connectivity index (χ0n) is 11.8. The molecule has 0 heterocycles. The highest BCUT2D eigenvalue weighted by atomic mass is 16.1. The Hall–Kier alpha value is -2.47. The van der Waals surface area contributed by atoms with Gasteiger partial charge in [0.1, 0.15) is 0 Å². The fraction of sp³-hybridized carbons (Fsp3) is 0.188. The first-order chi connectivity index (χ1) is 9.19. The maximum Gasteiger partial charge on any atom is 0.255 e. The number of hydrogen-bond donors (Lipinski definition) is 2. The molecular weight excluding hydrogens is 236 g/mol. The fourth-order valence-electron chi connectivity index (χ4n) is 1.15. The molecule has 1 aromatic carbocycles. The van der Waals surface area contributed by atoms with Crippen LogP contribution in [0.5, 0.6) is 0 Å². The van der Waals surface area contributed by atoms with E-state index < -0.39 is 0 Å². The van der Waals surface area contributed by atoms with Crippen LogP contribution >= 0.6 is 0 Å². The number of benzene rings is 1. The molecule has 0 aliphatic carbocycles. The molecule has 0 aromatic heterocycles. The molecule has 3 N–H and O–H groups in total. The first-order valence-corrected chi connectivity index (χ1v) is 5.97. The number of nitrogen functional groups attached to an aromatic ring is 1. The molecule has 3 heteroatoms. The van der Waals surface area contributed by atoms with E-state index in [9.17, 15) is 4.79 Å². The summed E-state index contributed by atoms with van der Waals surface area (Å²) in [6.07, 6.45) is 11.2. The van der Waals surface area contributed by atoms with E-state index in [1.807, 2.05) is 26.0 Å². The number of nitrogens with one attached hydrogen (secondary N) is 1. The van der Waals surface area contributed by atoms with Crippen molar-refractivity contribution in [2.75, 3.05) is 11.1 Å². The van der Waals surface area contributed by atoms with Gasteiger partial charge in [-0.2, -0.15) is 0 Å². The van der Waals surface area contributed by atoms with Crippen LogP contribution in [-0.4, -0.2) is 5.91 Å². The summed E-state index contributed by atoms with van der Waals surface area (Å²) in [5.41, 5.74) is 7.38. The van der Waals surface area contributed by atoms with E-state index in [1.165, 1.54) is 6.08 Å². The number of para-hydroxylation sites is 2. The summed E-state index contributed by atoms with van der Waals surface area (Å²) in [5.74, 6) is -0.203. The summed E-state index contributed by atoms with van der Waals surface area (Å²) in [7, 11) is 0. The van der Waals surface area contributed by atoms with Gasteiger partial charge in [0, 0.05) is 5.57 Å². The first kappa shape index (κ1) is 18.9. The molecule has 0 spiro atoms. The van der Waals surface area contributed by atoms with Crippen LogP contribution < -0.4 is 11.1 Å². The molecule has 0 saturated heterocycles. The molecule has 102 valence electrons. The maximum atomic E-state index is 11.6. The molecule has 0 aliphatic rings. The quantitative estimate of drug-likeness (QED) is 0.376. The molecule has 19 heavy (non-hydrogen) atoms. The van der Waals surface area contributed by atoms with Crippen LogP contribution in [0, 0.1) is 12.8 Å². The van der Waals surface area contributed by atoms with Crippen molar-refractivity contribution in [2.45, 2.75) is 20.8 Å². The average Bonchev–Trinajstić information content (AvgIpc) is 2.47. The SMILES string of the molecule is C#C.C=C/C(=C\C)C(=O)Nc1ccccc1N.CC. The first-order valence-electron chi connectivity index (χ1n) is 5.97. The lowest BCUT2D eigenvalue weighted by Gasteiger charge is -2.07. The Labute approximate surface area is 116 Å². The van der Waals surface area contributed by atoms with Gasteiger partial charge in [0.15, 0.2) is 0 Å². The third-order valence-corrected chi connectivity index (χ3v) is 2.00. The number of carbonyl (C=O) groups excluding carboxylic acids is 1. The van der Waals surface area contributed by atoms with Gasteiger partial charge in [-0.3, -0.25) is 4.79 Å². The second-order valence-corrected chi connectivity index (χ2v) is 2.99. The summed E-state index contributed by atoms with van der Waals surface area (Å²) >= 11 is 0. The lowest BCUT2D eigenvalue weighted by atomic mass is 10.2. The molecule has 0 atom stereocenters. The number of allylic oxidation sites excluding steroid dienone is 1. The van der Waals surface area contributed by atoms with Gasteiger partial charge >= 0.3 is 0 Å². The maximum absolute atomic E-state index is 11.6. The Balaban J connectivity index is 0. The summed E-state index contributed by atoms with van der Waals surface area (Å²) in [5, 5.41) is 2.71. The van der Waals surface area contributed by atoms with Crippen molar-refractivity contribution in [1.29, 1.82) is 0 Å². The van der Waals surface area contributed by atoms with Crippen LogP contribution in [0.4, 0.5) is 11.4 Å². The lowest BCUT2D eigenvalue weighted by molar-refractivity contribution is -0.112. The second kappa shape index (κ2) is 12.0. The smallest absolute Gasteiger partial charge is 0.255 e. The van der Waals surface area contributed by atoms with E-state index in [4.69, 9.17) is 5.73 Å². The van der Waals surface area contributed by atoms with Crippen molar-refractivity contribution < 1.29 is 4.79 Å². The number of terminal acetylenes is 1. The Morgan fingerprint density at radius 1 is 1.32 bits per heavy atom. The van der Waals surface area contributed by atoms with Crippen molar-refractivity contribution in [3.05, 3.63) is 48.6 Å². The number of rotatable bonds is 3. The van der Waals surface area contributed by atoms with Crippen molar-refractivity contribution in [1.82, 2.24) is 0 Å². The number of anilines is 2. The molecule has 0 radical (unpaired) electrons. The van der Waals surface area contributed by atoms with E-state index in [1.54, 1.807) is 25.1 Å². The summed E-state index contributed by atoms with van der Waals surface area (Å²) in [4.78, 5) is 11.6. The van der Waals surface area contributed by atoms with Gasteiger partial charge in [-0.15, -0.1) is 12.8 Å². The lowest BCUT2D eigenvalue weighted by Crippen LogP contribution is -2.14. The van der Waals surface area contributed by atoms with Gasteiger partial charge in [-0.25, -0.2) is 0 Å². The number of carbonyl (C=O) groups is 1. The highest BCUT2D eigenvalue weighted by Crippen LogP contribution is 2.17. The van der Waals surface area contributed by atoms with Crippen LogP contribution in [0.3, 0.4) is 0 Å². The van der Waals surface area contributed by atoms with Gasteiger partial charge in [0.2, 0.25) is 0 Å². The topological polar surface area (TPSA) is 55.1 Å². The van der Waals surface area contributed by atoms with Crippen molar-refractivity contribution >= 4 is 17.3 Å². The second-order valence-electron chi connectivity index (χ2n) is 2.99. The molecule has 3 nitrogen and oxygen atoms in total. The Bertz CT molecular complexity index is 445.